The number of nitrogens with one attached hydrogen (secondary N) is 1. The van der Waals surface area contributed by atoms with Crippen LogP contribution in [-0.4, -0.2) is 44.0 Å². The highest BCUT2D eigenvalue weighted by Crippen LogP contribution is 2.32. The van der Waals surface area contributed by atoms with Gasteiger partial charge in [0.25, 0.3) is 0 Å². The van der Waals surface area contributed by atoms with E-state index in [0.29, 0.717) is 25.4 Å². The summed E-state index contributed by atoms with van der Waals surface area (Å²) in [5.41, 5.74) is 4.77. The van der Waals surface area contributed by atoms with Crippen LogP contribution in [0.4, 0.5) is 0 Å². The summed E-state index contributed by atoms with van der Waals surface area (Å²) in [6, 6.07) is 0. The minimum absolute atomic E-state index is 0.0654. The fourth-order valence-electron chi connectivity index (χ4n) is 2.42. The van der Waals surface area contributed by atoms with Crippen molar-refractivity contribution in [3.63, 3.8) is 0 Å². The Morgan fingerprint density at radius 2 is 2.10 bits per heavy atom. The number of ether oxygens (including phenoxy) is 1. The van der Waals surface area contributed by atoms with Gasteiger partial charge in [0.1, 0.15) is 0 Å². The Hall–Kier alpha value is -0.860. The molecule has 0 aromatic rings. The van der Waals surface area contributed by atoms with Crippen molar-refractivity contribution in [2.24, 2.45) is 16.8 Å². The maximum absolute atomic E-state index is 12.1. The molecule has 0 radical (unpaired) electrons. The molecule has 20 heavy (non-hydrogen) atoms. The van der Waals surface area contributed by atoms with Gasteiger partial charge in [-0.2, -0.15) is 0 Å². The van der Waals surface area contributed by atoms with Crippen LogP contribution in [0.3, 0.4) is 0 Å². The van der Waals surface area contributed by atoms with Gasteiger partial charge in [0.2, 0.25) is 10.0 Å². The Morgan fingerprint density at radius 1 is 1.50 bits per heavy atom. The highest BCUT2D eigenvalue weighted by molar-refractivity contribution is 7.89. The summed E-state index contributed by atoms with van der Waals surface area (Å²) < 4.78 is 31.9. The van der Waals surface area contributed by atoms with Crippen molar-refractivity contribution in [3.05, 3.63) is 0 Å². The SMILES string of the molecule is CCOCCS(=O)(=O)NC1(C(N)=NO)CCC(C)CC1. The molecule has 0 amide bonds. The summed E-state index contributed by atoms with van der Waals surface area (Å²) in [7, 11) is -3.53. The molecule has 1 aliphatic rings. The van der Waals surface area contributed by atoms with Crippen LogP contribution in [0.5, 0.6) is 0 Å². The van der Waals surface area contributed by atoms with Crippen LogP contribution in [0, 0.1) is 5.92 Å². The lowest BCUT2D eigenvalue weighted by atomic mass is 9.77. The van der Waals surface area contributed by atoms with E-state index in [0.717, 1.165) is 12.8 Å². The fraction of sp³-hybridized carbons (Fsp3) is 0.917. The normalized spacial score (nSPS) is 28.5. The molecule has 1 aliphatic carbocycles. The Labute approximate surface area is 120 Å². The van der Waals surface area contributed by atoms with Crippen LogP contribution in [0.15, 0.2) is 5.16 Å². The summed E-state index contributed by atoms with van der Waals surface area (Å²) >= 11 is 0. The number of hydrogen-bond donors (Lipinski definition) is 3. The minimum Gasteiger partial charge on any atom is -0.409 e. The number of sulfonamides is 1. The van der Waals surface area contributed by atoms with E-state index < -0.39 is 15.6 Å². The van der Waals surface area contributed by atoms with Crippen molar-refractivity contribution in [2.45, 2.75) is 45.1 Å². The molecule has 1 fully saturated rings. The number of nitrogens with two attached hydrogens (primary N) is 1. The molecule has 0 aromatic carbocycles. The third-order valence-corrected chi connectivity index (χ3v) is 5.18. The molecule has 0 aliphatic heterocycles. The Kier molecular flexibility index (Phi) is 6.22. The number of nitrogens with zero attached hydrogens (tertiary/aromatic N) is 1. The molecule has 118 valence electrons. The van der Waals surface area contributed by atoms with Crippen LogP contribution < -0.4 is 10.5 Å². The zero-order chi connectivity index (χ0) is 15.2. The monoisotopic (exact) mass is 307 g/mol. The van der Waals surface area contributed by atoms with Gasteiger partial charge < -0.3 is 15.7 Å². The lowest BCUT2D eigenvalue weighted by molar-refractivity contribution is 0.163. The molecule has 0 atom stereocenters. The highest BCUT2D eigenvalue weighted by atomic mass is 32.2. The van der Waals surface area contributed by atoms with Crippen molar-refractivity contribution in [1.29, 1.82) is 0 Å². The predicted molar refractivity (Wildman–Crippen MR) is 77.2 cm³/mol. The highest BCUT2D eigenvalue weighted by Gasteiger charge is 2.41. The second kappa shape index (κ2) is 7.24. The molecule has 0 unspecified atom stereocenters. The first-order chi connectivity index (χ1) is 9.35. The largest absolute Gasteiger partial charge is 0.409 e. The van der Waals surface area contributed by atoms with E-state index in [1.165, 1.54) is 0 Å². The zero-order valence-electron chi connectivity index (χ0n) is 12.1. The first-order valence-corrected chi connectivity index (χ1v) is 8.58. The van der Waals surface area contributed by atoms with E-state index in [1.807, 2.05) is 0 Å². The molecule has 0 heterocycles. The average molecular weight is 307 g/mol. The second-order valence-corrected chi connectivity index (χ2v) is 7.21. The maximum Gasteiger partial charge on any atom is 0.214 e. The predicted octanol–water partition coefficient (Wildman–Crippen LogP) is 0.638. The topological polar surface area (TPSA) is 114 Å². The molecule has 1 rings (SSSR count). The van der Waals surface area contributed by atoms with Gasteiger partial charge >= 0.3 is 0 Å². The molecular formula is C12H25N3O4S. The minimum atomic E-state index is -3.53. The van der Waals surface area contributed by atoms with Gasteiger partial charge in [-0.1, -0.05) is 12.1 Å². The maximum atomic E-state index is 12.1. The van der Waals surface area contributed by atoms with E-state index in [1.54, 1.807) is 6.92 Å². The standard InChI is InChI=1S/C12H25N3O4S/c1-3-19-8-9-20(17,18)15-12(11(13)14-16)6-4-10(2)5-7-12/h10,15-16H,3-9H2,1-2H3,(H2,13,14). The van der Waals surface area contributed by atoms with Crippen LogP contribution in [0.1, 0.15) is 39.5 Å². The number of amidine groups is 1. The smallest absolute Gasteiger partial charge is 0.214 e. The Morgan fingerprint density at radius 3 is 2.60 bits per heavy atom. The molecule has 0 bridgehead atoms. The zero-order valence-corrected chi connectivity index (χ0v) is 12.9. The molecule has 0 saturated heterocycles. The first-order valence-electron chi connectivity index (χ1n) is 6.92. The second-order valence-electron chi connectivity index (χ2n) is 5.37. The van der Waals surface area contributed by atoms with Crippen molar-refractivity contribution in [2.75, 3.05) is 19.0 Å². The summed E-state index contributed by atoms with van der Waals surface area (Å²) in [6.45, 7) is 4.52. The van der Waals surface area contributed by atoms with E-state index in [2.05, 4.69) is 16.8 Å². The first kappa shape index (κ1) is 17.2. The molecule has 4 N–H and O–H groups in total. The van der Waals surface area contributed by atoms with E-state index in [4.69, 9.17) is 15.7 Å². The van der Waals surface area contributed by atoms with Crippen LogP contribution in [0.25, 0.3) is 0 Å². The van der Waals surface area contributed by atoms with Gasteiger partial charge in [-0.25, -0.2) is 13.1 Å². The van der Waals surface area contributed by atoms with Crippen LogP contribution >= 0.6 is 0 Å². The van der Waals surface area contributed by atoms with Crippen molar-refractivity contribution in [1.82, 2.24) is 4.72 Å². The fourth-order valence-corrected chi connectivity index (χ4v) is 3.77. The Bertz CT molecular complexity index is 428. The van der Waals surface area contributed by atoms with Gasteiger partial charge in [0.15, 0.2) is 5.84 Å². The lowest BCUT2D eigenvalue weighted by Gasteiger charge is -2.38. The van der Waals surface area contributed by atoms with Crippen molar-refractivity contribution < 1.29 is 18.4 Å². The summed E-state index contributed by atoms with van der Waals surface area (Å²) in [5, 5.41) is 12.0. The average Bonchev–Trinajstić information content (AvgIpc) is 2.40. The quantitative estimate of drug-likeness (QED) is 0.210. The number of oxime groups is 1. The van der Waals surface area contributed by atoms with Crippen molar-refractivity contribution >= 4 is 15.9 Å². The Balaban J connectivity index is 2.80. The number of rotatable bonds is 7. The summed E-state index contributed by atoms with van der Waals surface area (Å²) in [4.78, 5) is 0. The summed E-state index contributed by atoms with van der Waals surface area (Å²) in [5.74, 6) is 0.323. The van der Waals surface area contributed by atoms with Gasteiger partial charge in [0, 0.05) is 6.61 Å². The van der Waals surface area contributed by atoms with Gasteiger partial charge in [-0.3, -0.25) is 0 Å². The number of hydrogen-bond acceptors (Lipinski definition) is 5. The third-order valence-electron chi connectivity index (χ3n) is 3.78. The van der Waals surface area contributed by atoms with Crippen LogP contribution in [0.2, 0.25) is 0 Å². The molecule has 8 heteroatoms. The van der Waals surface area contributed by atoms with E-state index in [-0.39, 0.29) is 18.2 Å². The molecule has 0 spiro atoms. The molecule has 0 aromatic heterocycles. The molecule has 1 saturated carbocycles. The van der Waals surface area contributed by atoms with Gasteiger partial charge in [0.05, 0.1) is 17.9 Å². The van der Waals surface area contributed by atoms with Crippen molar-refractivity contribution in [3.8, 4) is 0 Å². The summed E-state index contributed by atoms with van der Waals surface area (Å²) in [6.07, 6.45) is 2.75. The molecular weight excluding hydrogens is 282 g/mol. The molecule has 7 nitrogen and oxygen atoms in total. The van der Waals surface area contributed by atoms with E-state index >= 15 is 0 Å². The third kappa shape index (κ3) is 4.60. The van der Waals surface area contributed by atoms with Gasteiger partial charge in [-0.05, 0) is 38.5 Å². The lowest BCUT2D eigenvalue weighted by Crippen LogP contribution is -2.59. The van der Waals surface area contributed by atoms with Gasteiger partial charge in [-0.15, -0.1) is 0 Å². The van der Waals surface area contributed by atoms with E-state index in [9.17, 15) is 8.42 Å². The van der Waals surface area contributed by atoms with Crippen LogP contribution in [-0.2, 0) is 14.8 Å².